The van der Waals surface area contributed by atoms with Crippen LogP contribution in [0.3, 0.4) is 0 Å². The number of rotatable bonds is 7. The summed E-state index contributed by atoms with van der Waals surface area (Å²) in [7, 11) is 0. The number of alkyl carbamates (subject to hydrolysis) is 1. The van der Waals surface area contributed by atoms with Gasteiger partial charge >= 0.3 is 12.1 Å². The predicted octanol–water partition coefficient (Wildman–Crippen LogP) is 4.87. The van der Waals surface area contributed by atoms with Gasteiger partial charge in [0.05, 0.1) is 6.10 Å². The number of hydrogen-bond donors (Lipinski definition) is 1. The maximum absolute atomic E-state index is 12.5. The van der Waals surface area contributed by atoms with Crippen LogP contribution in [0.15, 0.2) is 54.6 Å². The van der Waals surface area contributed by atoms with E-state index >= 15 is 0 Å². The summed E-state index contributed by atoms with van der Waals surface area (Å²) in [5.41, 5.74) is 0.153. The van der Waals surface area contributed by atoms with Crippen molar-refractivity contribution in [3.63, 3.8) is 0 Å². The molecular weight excluding hydrogens is 370 g/mol. The van der Waals surface area contributed by atoms with E-state index in [1.165, 1.54) is 0 Å². The number of carbonyl (C=O) groups is 2. The Hall–Kier alpha value is -3.02. The van der Waals surface area contributed by atoms with E-state index in [2.05, 4.69) is 5.32 Å². The first kappa shape index (κ1) is 22.3. The van der Waals surface area contributed by atoms with Gasteiger partial charge in [-0.3, -0.25) is 0 Å². The van der Waals surface area contributed by atoms with E-state index in [0.29, 0.717) is 11.5 Å². The van der Waals surface area contributed by atoms with Crippen molar-refractivity contribution in [1.82, 2.24) is 5.32 Å². The molecule has 0 saturated heterocycles. The third-order valence-electron chi connectivity index (χ3n) is 3.64. The Bertz CT molecular complexity index is 812. The first-order valence-electron chi connectivity index (χ1n) is 9.64. The minimum absolute atomic E-state index is 0.247. The van der Waals surface area contributed by atoms with Gasteiger partial charge < -0.3 is 19.5 Å². The molecule has 0 aliphatic carbocycles. The number of carbonyl (C=O) groups excluding carboxylic acids is 2. The lowest BCUT2D eigenvalue weighted by atomic mass is 10.1. The van der Waals surface area contributed by atoms with Gasteiger partial charge in [0.25, 0.3) is 0 Å². The van der Waals surface area contributed by atoms with Crippen LogP contribution in [-0.2, 0) is 20.7 Å². The van der Waals surface area contributed by atoms with E-state index in [1.807, 2.05) is 54.6 Å². The van der Waals surface area contributed by atoms with Crippen molar-refractivity contribution in [2.45, 2.75) is 58.8 Å². The Morgan fingerprint density at radius 3 is 2.24 bits per heavy atom. The number of ether oxygens (including phenoxy) is 3. The molecule has 0 spiro atoms. The van der Waals surface area contributed by atoms with Crippen LogP contribution in [-0.4, -0.2) is 29.8 Å². The number of para-hydroxylation sites is 1. The molecule has 0 fully saturated rings. The number of amides is 1. The summed E-state index contributed by atoms with van der Waals surface area (Å²) in [5, 5.41) is 2.62. The molecule has 156 valence electrons. The quantitative estimate of drug-likeness (QED) is 0.673. The van der Waals surface area contributed by atoms with Gasteiger partial charge in [-0.2, -0.15) is 0 Å². The van der Waals surface area contributed by atoms with Crippen LogP contribution in [0.4, 0.5) is 4.79 Å². The fraction of sp³-hybridized carbons (Fsp3) is 0.391. The summed E-state index contributed by atoms with van der Waals surface area (Å²) in [6.45, 7) is 8.81. The molecule has 0 unspecified atom stereocenters. The van der Waals surface area contributed by atoms with E-state index < -0.39 is 23.7 Å². The predicted molar refractivity (Wildman–Crippen MR) is 111 cm³/mol. The maximum atomic E-state index is 12.5. The fourth-order valence-electron chi connectivity index (χ4n) is 2.55. The van der Waals surface area contributed by atoms with Crippen LogP contribution in [0.2, 0.25) is 0 Å². The summed E-state index contributed by atoms with van der Waals surface area (Å²) >= 11 is 0. The highest BCUT2D eigenvalue weighted by Gasteiger charge is 2.26. The zero-order valence-corrected chi connectivity index (χ0v) is 17.6. The molecule has 0 heterocycles. The van der Waals surface area contributed by atoms with Crippen LogP contribution in [0.1, 0.15) is 40.2 Å². The van der Waals surface area contributed by atoms with Crippen molar-refractivity contribution in [1.29, 1.82) is 0 Å². The van der Waals surface area contributed by atoms with Crippen molar-refractivity contribution in [3.05, 3.63) is 60.2 Å². The maximum Gasteiger partial charge on any atom is 0.408 e. The smallest absolute Gasteiger partial charge is 0.408 e. The molecule has 0 saturated carbocycles. The van der Waals surface area contributed by atoms with Gasteiger partial charge in [0.1, 0.15) is 23.1 Å². The molecule has 0 aliphatic heterocycles. The zero-order valence-electron chi connectivity index (χ0n) is 17.6. The van der Waals surface area contributed by atoms with Crippen LogP contribution in [0.25, 0.3) is 0 Å². The second-order valence-corrected chi connectivity index (χ2v) is 7.95. The number of esters is 1. The normalized spacial score (nSPS) is 12.2. The van der Waals surface area contributed by atoms with E-state index in [1.54, 1.807) is 34.6 Å². The van der Waals surface area contributed by atoms with Gasteiger partial charge in [0, 0.05) is 6.42 Å². The van der Waals surface area contributed by atoms with Crippen LogP contribution < -0.4 is 10.1 Å². The Morgan fingerprint density at radius 2 is 1.62 bits per heavy atom. The Labute approximate surface area is 172 Å². The molecule has 1 amide bonds. The molecule has 1 atom stereocenters. The monoisotopic (exact) mass is 399 g/mol. The van der Waals surface area contributed by atoms with Crippen molar-refractivity contribution < 1.29 is 23.8 Å². The molecule has 2 aromatic carbocycles. The van der Waals surface area contributed by atoms with Crippen LogP contribution in [0.5, 0.6) is 11.5 Å². The topological polar surface area (TPSA) is 73.9 Å². The average molecular weight is 399 g/mol. The summed E-state index contributed by atoms with van der Waals surface area (Å²) in [4.78, 5) is 24.7. The number of hydrogen-bond acceptors (Lipinski definition) is 5. The van der Waals surface area contributed by atoms with Gasteiger partial charge in [-0.05, 0) is 64.4 Å². The van der Waals surface area contributed by atoms with Crippen molar-refractivity contribution >= 4 is 12.1 Å². The van der Waals surface area contributed by atoms with Crippen molar-refractivity contribution in [2.24, 2.45) is 0 Å². The molecule has 6 heteroatoms. The Balaban J connectivity index is 2.13. The molecule has 0 aliphatic rings. The van der Waals surface area contributed by atoms with E-state index in [4.69, 9.17) is 14.2 Å². The molecule has 0 bridgehead atoms. The van der Waals surface area contributed by atoms with Gasteiger partial charge in [0.15, 0.2) is 0 Å². The number of benzene rings is 2. The minimum atomic E-state index is -0.876. The molecular formula is C23H29NO5. The highest BCUT2D eigenvalue weighted by molar-refractivity contribution is 5.82. The standard InChI is InChI=1S/C23H29NO5/c1-16(2)27-21(25)20(24-22(26)29-23(3,4)5)15-17-10-9-13-19(14-17)28-18-11-7-6-8-12-18/h6-14,16,20H,15H2,1-5H3,(H,24,26)/t20-/m1/s1. The summed E-state index contributed by atoms with van der Waals surface area (Å²) in [5.74, 6) is 0.842. The highest BCUT2D eigenvalue weighted by Crippen LogP contribution is 2.22. The largest absolute Gasteiger partial charge is 0.461 e. The number of nitrogens with one attached hydrogen (secondary N) is 1. The lowest BCUT2D eigenvalue weighted by Crippen LogP contribution is -2.46. The summed E-state index contributed by atoms with van der Waals surface area (Å²) in [6.07, 6.45) is -0.713. The first-order chi connectivity index (χ1) is 13.6. The Kier molecular flexibility index (Phi) is 7.65. The highest BCUT2D eigenvalue weighted by atomic mass is 16.6. The van der Waals surface area contributed by atoms with Crippen molar-refractivity contribution in [3.8, 4) is 11.5 Å². The molecule has 2 rings (SSSR count). The third-order valence-corrected chi connectivity index (χ3v) is 3.64. The summed E-state index contributed by atoms with van der Waals surface area (Å²) < 4.78 is 16.4. The lowest BCUT2D eigenvalue weighted by molar-refractivity contribution is -0.149. The molecule has 29 heavy (non-hydrogen) atoms. The molecule has 0 aromatic heterocycles. The van der Waals surface area contributed by atoms with Crippen LogP contribution >= 0.6 is 0 Å². The SMILES string of the molecule is CC(C)OC(=O)[C@@H](Cc1cccc(Oc2ccccc2)c1)NC(=O)OC(C)(C)C. The first-order valence-corrected chi connectivity index (χ1v) is 9.64. The summed E-state index contributed by atoms with van der Waals surface area (Å²) in [6, 6.07) is 15.9. The van der Waals surface area contributed by atoms with Gasteiger partial charge in [-0.1, -0.05) is 30.3 Å². The second kappa shape index (κ2) is 9.96. The second-order valence-electron chi connectivity index (χ2n) is 7.95. The third kappa shape index (κ3) is 8.25. The average Bonchev–Trinajstić information content (AvgIpc) is 2.60. The zero-order chi connectivity index (χ0) is 21.4. The van der Waals surface area contributed by atoms with Gasteiger partial charge in [-0.25, -0.2) is 9.59 Å². The van der Waals surface area contributed by atoms with Gasteiger partial charge in [-0.15, -0.1) is 0 Å². The van der Waals surface area contributed by atoms with E-state index in [-0.39, 0.29) is 12.5 Å². The molecule has 1 N–H and O–H groups in total. The van der Waals surface area contributed by atoms with Gasteiger partial charge in [0.2, 0.25) is 0 Å². The molecule has 6 nitrogen and oxygen atoms in total. The fourth-order valence-corrected chi connectivity index (χ4v) is 2.55. The van der Waals surface area contributed by atoms with E-state index in [0.717, 1.165) is 5.56 Å². The minimum Gasteiger partial charge on any atom is -0.461 e. The molecule has 0 radical (unpaired) electrons. The Morgan fingerprint density at radius 1 is 0.966 bits per heavy atom. The van der Waals surface area contributed by atoms with E-state index in [9.17, 15) is 9.59 Å². The van der Waals surface area contributed by atoms with Crippen molar-refractivity contribution in [2.75, 3.05) is 0 Å². The molecule has 2 aromatic rings. The lowest BCUT2D eigenvalue weighted by Gasteiger charge is -2.23. The van der Waals surface area contributed by atoms with Crippen LogP contribution in [0, 0.1) is 0 Å².